The van der Waals surface area contributed by atoms with Crippen molar-refractivity contribution >= 4 is 38.4 Å². The summed E-state index contributed by atoms with van der Waals surface area (Å²) in [4.78, 5) is 15.4. The van der Waals surface area contributed by atoms with Crippen LogP contribution in [0.25, 0.3) is 10.9 Å². The summed E-state index contributed by atoms with van der Waals surface area (Å²) in [5.74, 6) is -0.147. The smallest absolute Gasteiger partial charge is 0.272 e. The van der Waals surface area contributed by atoms with Crippen LogP contribution >= 0.6 is 15.9 Å². The molecule has 0 saturated heterocycles. The van der Waals surface area contributed by atoms with Crippen LogP contribution in [0.5, 0.6) is 0 Å². The Bertz CT molecular complexity index is 792. The molecule has 0 fully saturated rings. The second-order valence-electron chi connectivity index (χ2n) is 4.71. The van der Waals surface area contributed by atoms with E-state index in [1.54, 1.807) is 0 Å². The van der Waals surface area contributed by atoms with Gasteiger partial charge in [0.2, 0.25) is 0 Å². The Morgan fingerprint density at radius 1 is 1.15 bits per heavy atom. The van der Waals surface area contributed by atoms with Gasteiger partial charge in [-0.3, -0.25) is 4.79 Å². The summed E-state index contributed by atoms with van der Waals surface area (Å²) < 4.78 is 0.861. The second kappa shape index (κ2) is 5.13. The van der Waals surface area contributed by atoms with Crippen LogP contribution in [0.15, 0.2) is 53.0 Å². The minimum absolute atomic E-state index is 0.147. The normalized spacial score (nSPS) is 10.7. The fourth-order valence-corrected chi connectivity index (χ4v) is 2.50. The molecule has 0 atom stereocenters. The predicted molar refractivity (Wildman–Crippen MR) is 85.1 cm³/mol. The molecule has 0 aliphatic rings. The van der Waals surface area contributed by atoms with Gasteiger partial charge in [-0.15, -0.1) is 0 Å². The summed E-state index contributed by atoms with van der Waals surface area (Å²) in [5.41, 5.74) is 3.45. The number of aromatic amines is 1. The molecule has 1 aromatic heterocycles. The van der Waals surface area contributed by atoms with Crippen LogP contribution in [0, 0.1) is 6.92 Å². The summed E-state index contributed by atoms with van der Waals surface area (Å²) in [6, 6.07) is 15.5. The third-order valence-corrected chi connectivity index (χ3v) is 3.84. The standard InChI is InChI=1S/C16H13BrN2O/c1-10-6-7-11-9-15(18-14(11)8-10)16(20)19-13-5-3-2-4-12(13)17/h2-9,18H,1H3,(H,19,20). The van der Waals surface area contributed by atoms with Crippen molar-refractivity contribution in [2.75, 3.05) is 5.32 Å². The number of hydrogen-bond acceptors (Lipinski definition) is 1. The maximum absolute atomic E-state index is 12.3. The van der Waals surface area contributed by atoms with E-state index in [-0.39, 0.29) is 5.91 Å². The van der Waals surface area contributed by atoms with E-state index in [1.165, 1.54) is 0 Å². The topological polar surface area (TPSA) is 44.9 Å². The van der Waals surface area contributed by atoms with Crippen LogP contribution in [-0.4, -0.2) is 10.9 Å². The number of benzene rings is 2. The number of amides is 1. The van der Waals surface area contributed by atoms with E-state index in [9.17, 15) is 4.79 Å². The lowest BCUT2D eigenvalue weighted by Gasteiger charge is -2.05. The molecule has 3 aromatic rings. The quantitative estimate of drug-likeness (QED) is 0.715. The van der Waals surface area contributed by atoms with E-state index in [1.807, 2.05) is 55.5 Å². The Morgan fingerprint density at radius 3 is 2.75 bits per heavy atom. The first-order chi connectivity index (χ1) is 9.63. The van der Waals surface area contributed by atoms with Crippen LogP contribution in [0.3, 0.4) is 0 Å². The van der Waals surface area contributed by atoms with E-state index >= 15 is 0 Å². The molecular weight excluding hydrogens is 316 g/mol. The number of carbonyl (C=O) groups is 1. The van der Waals surface area contributed by atoms with E-state index in [0.29, 0.717) is 5.69 Å². The Labute approximate surface area is 125 Å². The van der Waals surface area contributed by atoms with Crippen molar-refractivity contribution in [1.82, 2.24) is 4.98 Å². The monoisotopic (exact) mass is 328 g/mol. The van der Waals surface area contributed by atoms with Crippen LogP contribution in [0.4, 0.5) is 5.69 Å². The molecule has 3 nitrogen and oxygen atoms in total. The summed E-state index contributed by atoms with van der Waals surface area (Å²) in [7, 11) is 0. The largest absolute Gasteiger partial charge is 0.351 e. The molecular formula is C16H13BrN2O. The van der Waals surface area contributed by atoms with Gasteiger partial charge in [-0.2, -0.15) is 0 Å². The zero-order valence-electron chi connectivity index (χ0n) is 10.9. The lowest BCUT2D eigenvalue weighted by atomic mass is 10.2. The molecule has 1 heterocycles. The molecule has 0 unspecified atom stereocenters. The van der Waals surface area contributed by atoms with Crippen molar-refractivity contribution in [1.29, 1.82) is 0 Å². The Hall–Kier alpha value is -2.07. The van der Waals surface area contributed by atoms with Crippen molar-refractivity contribution in [3.05, 3.63) is 64.3 Å². The van der Waals surface area contributed by atoms with Crippen LogP contribution in [0.2, 0.25) is 0 Å². The zero-order valence-corrected chi connectivity index (χ0v) is 12.5. The Balaban J connectivity index is 1.91. The SMILES string of the molecule is Cc1ccc2cc(C(=O)Nc3ccccc3Br)[nH]c2c1. The molecule has 100 valence electrons. The summed E-state index contributed by atoms with van der Waals surface area (Å²) >= 11 is 3.42. The highest BCUT2D eigenvalue weighted by molar-refractivity contribution is 9.10. The number of H-pyrrole nitrogens is 1. The van der Waals surface area contributed by atoms with Gasteiger partial charge in [-0.05, 0) is 52.7 Å². The molecule has 20 heavy (non-hydrogen) atoms. The maximum Gasteiger partial charge on any atom is 0.272 e. The molecule has 0 saturated carbocycles. The third kappa shape index (κ3) is 2.47. The van der Waals surface area contributed by atoms with Crippen molar-refractivity contribution in [3.8, 4) is 0 Å². The molecule has 4 heteroatoms. The van der Waals surface area contributed by atoms with Crippen molar-refractivity contribution in [2.45, 2.75) is 6.92 Å². The Morgan fingerprint density at radius 2 is 1.95 bits per heavy atom. The molecule has 0 bridgehead atoms. The molecule has 1 amide bonds. The maximum atomic E-state index is 12.3. The summed E-state index contributed by atoms with van der Waals surface area (Å²) in [5, 5.41) is 3.92. The van der Waals surface area contributed by atoms with E-state index in [4.69, 9.17) is 0 Å². The van der Waals surface area contributed by atoms with Gasteiger partial charge in [0.05, 0.1) is 5.69 Å². The number of fused-ring (bicyclic) bond motifs is 1. The van der Waals surface area contributed by atoms with Crippen LogP contribution in [0.1, 0.15) is 16.1 Å². The minimum Gasteiger partial charge on any atom is -0.351 e. The number of aryl methyl sites for hydroxylation is 1. The average molecular weight is 329 g/mol. The molecule has 0 radical (unpaired) electrons. The minimum atomic E-state index is -0.147. The van der Waals surface area contributed by atoms with Gasteiger partial charge < -0.3 is 10.3 Å². The fourth-order valence-electron chi connectivity index (χ4n) is 2.12. The third-order valence-electron chi connectivity index (χ3n) is 3.14. The van der Waals surface area contributed by atoms with E-state index in [0.717, 1.165) is 26.6 Å². The predicted octanol–water partition coefficient (Wildman–Crippen LogP) is 4.49. The van der Waals surface area contributed by atoms with Gasteiger partial charge in [0.15, 0.2) is 0 Å². The first-order valence-corrected chi connectivity index (χ1v) is 7.08. The number of rotatable bonds is 2. The zero-order chi connectivity index (χ0) is 14.1. The van der Waals surface area contributed by atoms with Gasteiger partial charge in [0.25, 0.3) is 5.91 Å². The van der Waals surface area contributed by atoms with Gasteiger partial charge in [0.1, 0.15) is 5.69 Å². The molecule has 2 aromatic carbocycles. The number of aromatic nitrogens is 1. The lowest BCUT2D eigenvalue weighted by Crippen LogP contribution is -2.12. The fraction of sp³-hybridized carbons (Fsp3) is 0.0625. The number of carbonyl (C=O) groups excluding carboxylic acids is 1. The first kappa shape index (κ1) is 12.9. The number of halogens is 1. The van der Waals surface area contributed by atoms with Gasteiger partial charge in [-0.1, -0.05) is 24.3 Å². The van der Waals surface area contributed by atoms with Crippen LogP contribution < -0.4 is 5.32 Å². The van der Waals surface area contributed by atoms with Gasteiger partial charge in [-0.25, -0.2) is 0 Å². The Kier molecular flexibility index (Phi) is 3.32. The van der Waals surface area contributed by atoms with E-state index < -0.39 is 0 Å². The second-order valence-corrected chi connectivity index (χ2v) is 5.56. The van der Waals surface area contributed by atoms with Gasteiger partial charge >= 0.3 is 0 Å². The highest BCUT2D eigenvalue weighted by Crippen LogP contribution is 2.23. The number of anilines is 1. The highest BCUT2D eigenvalue weighted by Gasteiger charge is 2.11. The molecule has 2 N–H and O–H groups in total. The lowest BCUT2D eigenvalue weighted by molar-refractivity contribution is 0.102. The number of para-hydroxylation sites is 1. The first-order valence-electron chi connectivity index (χ1n) is 6.29. The van der Waals surface area contributed by atoms with Crippen molar-refractivity contribution < 1.29 is 4.79 Å². The van der Waals surface area contributed by atoms with Crippen LogP contribution in [-0.2, 0) is 0 Å². The number of nitrogens with one attached hydrogen (secondary N) is 2. The van der Waals surface area contributed by atoms with E-state index in [2.05, 4.69) is 26.2 Å². The van der Waals surface area contributed by atoms with Gasteiger partial charge in [0, 0.05) is 15.4 Å². The van der Waals surface area contributed by atoms with Crippen molar-refractivity contribution in [2.24, 2.45) is 0 Å². The van der Waals surface area contributed by atoms with Crippen molar-refractivity contribution in [3.63, 3.8) is 0 Å². The molecule has 0 spiro atoms. The highest BCUT2D eigenvalue weighted by atomic mass is 79.9. The number of hydrogen-bond donors (Lipinski definition) is 2. The molecule has 0 aliphatic carbocycles. The molecule has 3 rings (SSSR count). The average Bonchev–Trinajstić information content (AvgIpc) is 2.84. The summed E-state index contributed by atoms with van der Waals surface area (Å²) in [6.07, 6.45) is 0. The molecule has 0 aliphatic heterocycles. The summed E-state index contributed by atoms with van der Waals surface area (Å²) in [6.45, 7) is 2.03.